The van der Waals surface area contributed by atoms with Crippen molar-refractivity contribution >= 4 is 12.0 Å². The maximum absolute atomic E-state index is 12.6. The van der Waals surface area contributed by atoms with E-state index in [1.807, 2.05) is 15.9 Å². The minimum absolute atomic E-state index is 0.0892. The number of hydrogen-bond donors (Lipinski definition) is 1. The third-order valence-corrected chi connectivity index (χ3v) is 4.57. The van der Waals surface area contributed by atoms with Gasteiger partial charge in [-0.05, 0) is 43.4 Å². The van der Waals surface area contributed by atoms with E-state index in [-0.39, 0.29) is 6.03 Å². The molecule has 0 saturated carbocycles. The quantitative estimate of drug-likeness (QED) is 0.863. The van der Waals surface area contributed by atoms with E-state index < -0.39 is 5.97 Å². The Morgan fingerprint density at radius 3 is 2.76 bits per heavy atom. The first-order valence-electron chi connectivity index (χ1n) is 7.47. The lowest BCUT2D eigenvalue weighted by molar-refractivity contribution is 0.0695. The van der Waals surface area contributed by atoms with Crippen LogP contribution < -0.4 is 0 Å². The Hall–Kier alpha value is -2.04. The van der Waals surface area contributed by atoms with Gasteiger partial charge in [0.25, 0.3) is 0 Å². The third-order valence-electron chi connectivity index (χ3n) is 4.57. The number of hydrogen-bond acceptors (Lipinski definition) is 2. The summed E-state index contributed by atoms with van der Waals surface area (Å²) in [5.41, 5.74) is 2.21. The number of fused-ring (bicyclic) bond motifs is 1. The van der Waals surface area contributed by atoms with E-state index >= 15 is 0 Å². The maximum atomic E-state index is 12.6. The van der Waals surface area contributed by atoms with Crippen molar-refractivity contribution in [2.75, 3.05) is 13.1 Å². The van der Waals surface area contributed by atoms with Crippen LogP contribution in [0.15, 0.2) is 18.2 Å². The fourth-order valence-corrected chi connectivity index (χ4v) is 3.37. The molecule has 3 rings (SSSR count). The molecule has 2 amide bonds. The molecule has 0 aromatic heterocycles. The zero-order chi connectivity index (χ0) is 15.0. The lowest BCUT2D eigenvalue weighted by atomic mass is 9.94. The van der Waals surface area contributed by atoms with Crippen molar-refractivity contribution < 1.29 is 14.7 Å². The van der Waals surface area contributed by atoms with Gasteiger partial charge in [0.05, 0.1) is 5.56 Å². The molecule has 2 heterocycles. The standard InChI is InChI=1S/C16H20N2O3/c1-11-4-3-8-18(11)16(21)17-9-7-13-12(10-17)5-2-6-14(13)15(19)20/h2,5-6,11H,3-4,7-10H2,1H3,(H,19,20). The van der Waals surface area contributed by atoms with Crippen LogP contribution in [-0.4, -0.2) is 46.0 Å². The molecule has 5 heteroatoms. The molecular weight excluding hydrogens is 268 g/mol. The molecule has 0 aliphatic carbocycles. The van der Waals surface area contributed by atoms with Crippen molar-refractivity contribution in [3.8, 4) is 0 Å². The molecule has 1 aromatic rings. The minimum Gasteiger partial charge on any atom is -0.478 e. The van der Waals surface area contributed by atoms with Crippen LogP contribution in [0.25, 0.3) is 0 Å². The number of amides is 2. The Morgan fingerprint density at radius 1 is 1.29 bits per heavy atom. The molecule has 1 fully saturated rings. The molecule has 0 bridgehead atoms. The first-order chi connectivity index (χ1) is 10.1. The molecule has 1 unspecified atom stereocenters. The average molecular weight is 288 g/mol. The van der Waals surface area contributed by atoms with E-state index in [1.54, 1.807) is 12.1 Å². The maximum Gasteiger partial charge on any atom is 0.335 e. The third kappa shape index (κ3) is 2.48. The highest BCUT2D eigenvalue weighted by Gasteiger charge is 2.31. The molecule has 2 aliphatic rings. The van der Waals surface area contributed by atoms with E-state index in [9.17, 15) is 14.7 Å². The summed E-state index contributed by atoms with van der Waals surface area (Å²) in [6.07, 6.45) is 2.76. The highest BCUT2D eigenvalue weighted by molar-refractivity contribution is 5.90. The Labute approximate surface area is 124 Å². The van der Waals surface area contributed by atoms with Gasteiger partial charge in [0.15, 0.2) is 0 Å². The van der Waals surface area contributed by atoms with Gasteiger partial charge in [-0.1, -0.05) is 12.1 Å². The first kappa shape index (κ1) is 13.9. The van der Waals surface area contributed by atoms with E-state index in [4.69, 9.17) is 0 Å². The lowest BCUT2D eigenvalue weighted by Crippen LogP contribution is -2.46. The van der Waals surface area contributed by atoms with Crippen molar-refractivity contribution in [2.45, 2.75) is 38.8 Å². The minimum atomic E-state index is -0.889. The van der Waals surface area contributed by atoms with Gasteiger partial charge in [0.2, 0.25) is 0 Å². The van der Waals surface area contributed by atoms with Gasteiger partial charge in [-0.2, -0.15) is 0 Å². The molecule has 0 radical (unpaired) electrons. The SMILES string of the molecule is CC1CCCN1C(=O)N1CCc2c(cccc2C(=O)O)C1. The summed E-state index contributed by atoms with van der Waals surface area (Å²) >= 11 is 0. The number of aromatic carboxylic acids is 1. The lowest BCUT2D eigenvalue weighted by Gasteiger charge is -2.34. The first-order valence-corrected chi connectivity index (χ1v) is 7.47. The highest BCUT2D eigenvalue weighted by Crippen LogP contribution is 2.25. The van der Waals surface area contributed by atoms with Crippen LogP contribution in [0.5, 0.6) is 0 Å². The summed E-state index contributed by atoms with van der Waals surface area (Å²) in [5, 5.41) is 9.23. The van der Waals surface area contributed by atoms with Gasteiger partial charge in [0.1, 0.15) is 0 Å². The van der Waals surface area contributed by atoms with Gasteiger partial charge >= 0.3 is 12.0 Å². The molecule has 1 saturated heterocycles. The summed E-state index contributed by atoms with van der Waals surface area (Å²) < 4.78 is 0. The van der Waals surface area contributed by atoms with Gasteiger partial charge in [-0.15, -0.1) is 0 Å². The fourth-order valence-electron chi connectivity index (χ4n) is 3.37. The average Bonchev–Trinajstić information content (AvgIpc) is 2.91. The van der Waals surface area contributed by atoms with E-state index in [0.717, 1.165) is 30.5 Å². The number of carboxylic acids is 1. The van der Waals surface area contributed by atoms with Crippen LogP contribution in [-0.2, 0) is 13.0 Å². The van der Waals surface area contributed by atoms with Gasteiger partial charge in [0, 0.05) is 25.7 Å². The van der Waals surface area contributed by atoms with Crippen molar-refractivity contribution in [3.63, 3.8) is 0 Å². The molecule has 1 N–H and O–H groups in total. The second-order valence-electron chi connectivity index (χ2n) is 5.89. The fraction of sp³-hybridized carbons (Fsp3) is 0.500. The number of carbonyl (C=O) groups excluding carboxylic acids is 1. The largest absolute Gasteiger partial charge is 0.478 e. The van der Waals surface area contributed by atoms with Crippen molar-refractivity contribution in [2.24, 2.45) is 0 Å². The number of likely N-dealkylation sites (tertiary alicyclic amines) is 1. The molecule has 112 valence electrons. The van der Waals surface area contributed by atoms with Crippen LogP contribution >= 0.6 is 0 Å². The Morgan fingerprint density at radius 2 is 2.10 bits per heavy atom. The predicted molar refractivity (Wildman–Crippen MR) is 78.3 cm³/mol. The monoisotopic (exact) mass is 288 g/mol. The van der Waals surface area contributed by atoms with Crippen LogP contribution in [0.3, 0.4) is 0 Å². The normalized spacial score (nSPS) is 21.3. The summed E-state index contributed by atoms with van der Waals surface area (Å²) in [6.45, 7) is 4.03. The molecule has 5 nitrogen and oxygen atoms in total. The molecule has 0 spiro atoms. The Bertz CT molecular complexity index is 585. The molecule has 2 aliphatic heterocycles. The topological polar surface area (TPSA) is 60.9 Å². The van der Waals surface area contributed by atoms with Gasteiger partial charge in [-0.25, -0.2) is 9.59 Å². The van der Waals surface area contributed by atoms with Crippen LogP contribution in [0, 0.1) is 0 Å². The van der Waals surface area contributed by atoms with E-state index in [2.05, 4.69) is 6.92 Å². The number of benzene rings is 1. The second-order valence-corrected chi connectivity index (χ2v) is 5.89. The number of rotatable bonds is 1. The van der Waals surface area contributed by atoms with E-state index in [1.165, 1.54) is 0 Å². The number of urea groups is 1. The molecule has 1 atom stereocenters. The Kier molecular flexibility index (Phi) is 3.57. The number of carboxylic acid groups (broad SMARTS) is 1. The zero-order valence-corrected chi connectivity index (χ0v) is 12.2. The van der Waals surface area contributed by atoms with Gasteiger partial charge < -0.3 is 14.9 Å². The van der Waals surface area contributed by atoms with Crippen LogP contribution in [0.1, 0.15) is 41.3 Å². The zero-order valence-electron chi connectivity index (χ0n) is 12.2. The van der Waals surface area contributed by atoms with Crippen molar-refractivity contribution in [3.05, 3.63) is 34.9 Å². The second kappa shape index (κ2) is 5.39. The molecular formula is C16H20N2O3. The van der Waals surface area contributed by atoms with Crippen molar-refractivity contribution in [1.29, 1.82) is 0 Å². The highest BCUT2D eigenvalue weighted by atomic mass is 16.4. The smallest absolute Gasteiger partial charge is 0.335 e. The number of carbonyl (C=O) groups is 2. The van der Waals surface area contributed by atoms with Crippen molar-refractivity contribution in [1.82, 2.24) is 9.80 Å². The summed E-state index contributed by atoms with van der Waals surface area (Å²) in [4.78, 5) is 27.6. The van der Waals surface area contributed by atoms with E-state index in [0.29, 0.717) is 31.1 Å². The van der Waals surface area contributed by atoms with Crippen LogP contribution in [0.2, 0.25) is 0 Å². The molecule has 1 aromatic carbocycles. The molecule has 21 heavy (non-hydrogen) atoms. The Balaban J connectivity index is 1.80. The summed E-state index contributed by atoms with van der Waals surface area (Å²) in [6, 6.07) is 5.72. The predicted octanol–water partition coefficient (Wildman–Crippen LogP) is 2.35. The summed E-state index contributed by atoms with van der Waals surface area (Å²) in [5.74, 6) is -0.889. The van der Waals surface area contributed by atoms with Gasteiger partial charge in [-0.3, -0.25) is 0 Å². The number of nitrogens with zero attached hydrogens (tertiary/aromatic N) is 2. The van der Waals surface area contributed by atoms with Crippen LogP contribution in [0.4, 0.5) is 4.79 Å². The summed E-state index contributed by atoms with van der Waals surface area (Å²) in [7, 11) is 0.